The molecule has 1 aromatic rings. The van der Waals surface area contributed by atoms with Crippen LogP contribution in [0.3, 0.4) is 0 Å². The van der Waals surface area contributed by atoms with E-state index in [4.69, 9.17) is 9.47 Å². The van der Waals surface area contributed by atoms with Crippen LogP contribution in [0.15, 0.2) is 18.2 Å². The number of amides is 1. The molecule has 0 bridgehead atoms. The standard InChI is InChI=1S/C21H31N3O3/c1-16-12-24(13-17(2)27-16)21(25)15-23-8-6-22(7-9-23)14-18-3-4-20-19(11-18)5-10-26-20/h3-4,11,16-17H,5-10,12-15H2,1-2H3/p+2/t16-,17-/m1/s1. The Morgan fingerprint density at radius 3 is 2.56 bits per heavy atom. The second kappa shape index (κ2) is 8.17. The normalized spacial score (nSPS) is 30.7. The summed E-state index contributed by atoms with van der Waals surface area (Å²) in [6.07, 6.45) is 1.33. The zero-order valence-electron chi connectivity index (χ0n) is 16.6. The number of nitrogens with one attached hydrogen (secondary N) is 2. The first-order chi connectivity index (χ1) is 13.1. The number of morpholine rings is 1. The maximum Gasteiger partial charge on any atom is 0.277 e. The fourth-order valence-corrected chi connectivity index (χ4v) is 4.66. The molecule has 0 saturated carbocycles. The van der Waals surface area contributed by atoms with Gasteiger partial charge in [-0.15, -0.1) is 0 Å². The Kier molecular flexibility index (Phi) is 5.66. The number of nitrogens with zero attached hydrogens (tertiary/aromatic N) is 1. The number of carbonyl (C=O) groups excluding carboxylic acids is 1. The molecule has 1 amide bonds. The lowest BCUT2D eigenvalue weighted by atomic mass is 10.1. The lowest BCUT2D eigenvalue weighted by Crippen LogP contribution is -3.28. The van der Waals surface area contributed by atoms with Crippen molar-refractivity contribution in [3.63, 3.8) is 0 Å². The van der Waals surface area contributed by atoms with E-state index >= 15 is 0 Å². The lowest BCUT2D eigenvalue weighted by molar-refractivity contribution is -1.02. The third-order valence-electron chi connectivity index (χ3n) is 6.05. The van der Waals surface area contributed by atoms with Crippen LogP contribution in [-0.2, 0) is 22.5 Å². The van der Waals surface area contributed by atoms with Crippen molar-refractivity contribution in [3.05, 3.63) is 29.3 Å². The molecule has 3 aliphatic rings. The number of quaternary nitrogens is 2. The summed E-state index contributed by atoms with van der Waals surface area (Å²) >= 11 is 0. The lowest BCUT2D eigenvalue weighted by Gasteiger charge is -2.36. The van der Waals surface area contributed by atoms with Crippen molar-refractivity contribution in [1.29, 1.82) is 0 Å². The number of carbonyl (C=O) groups is 1. The Morgan fingerprint density at radius 1 is 1.11 bits per heavy atom. The average Bonchev–Trinajstić information content (AvgIpc) is 3.10. The van der Waals surface area contributed by atoms with Crippen molar-refractivity contribution >= 4 is 5.91 Å². The Labute approximate surface area is 162 Å². The van der Waals surface area contributed by atoms with Gasteiger partial charge in [0.2, 0.25) is 0 Å². The van der Waals surface area contributed by atoms with E-state index in [9.17, 15) is 4.79 Å². The molecule has 2 saturated heterocycles. The summed E-state index contributed by atoms with van der Waals surface area (Å²) in [6, 6.07) is 6.65. The molecule has 0 spiro atoms. The largest absolute Gasteiger partial charge is 0.493 e. The van der Waals surface area contributed by atoms with E-state index in [0.29, 0.717) is 6.54 Å². The molecule has 27 heavy (non-hydrogen) atoms. The number of hydrogen-bond donors (Lipinski definition) is 2. The number of hydrogen-bond acceptors (Lipinski definition) is 3. The summed E-state index contributed by atoms with van der Waals surface area (Å²) in [4.78, 5) is 17.7. The van der Waals surface area contributed by atoms with E-state index in [0.717, 1.165) is 64.6 Å². The molecule has 0 aromatic heterocycles. The van der Waals surface area contributed by atoms with Crippen LogP contribution in [-0.4, -0.2) is 75.4 Å². The van der Waals surface area contributed by atoms with Crippen LogP contribution in [0, 0.1) is 0 Å². The molecule has 4 rings (SSSR count). The van der Waals surface area contributed by atoms with Crippen molar-refractivity contribution in [2.24, 2.45) is 0 Å². The number of ether oxygens (including phenoxy) is 2. The predicted octanol–water partition coefficient (Wildman–Crippen LogP) is -1.46. The third kappa shape index (κ3) is 4.62. The zero-order chi connectivity index (χ0) is 18.8. The summed E-state index contributed by atoms with van der Waals surface area (Å²) in [6.45, 7) is 12.5. The van der Waals surface area contributed by atoms with E-state index in [1.165, 1.54) is 16.0 Å². The molecule has 0 unspecified atom stereocenters. The predicted molar refractivity (Wildman–Crippen MR) is 102 cm³/mol. The Morgan fingerprint density at radius 2 is 1.81 bits per heavy atom. The highest BCUT2D eigenvalue weighted by Crippen LogP contribution is 2.25. The van der Waals surface area contributed by atoms with E-state index in [1.807, 2.05) is 4.90 Å². The van der Waals surface area contributed by atoms with Gasteiger partial charge in [-0.3, -0.25) is 4.79 Å². The number of rotatable bonds is 4. The minimum absolute atomic E-state index is 0.145. The highest BCUT2D eigenvalue weighted by atomic mass is 16.5. The Bertz CT molecular complexity index is 663. The molecule has 2 N–H and O–H groups in total. The van der Waals surface area contributed by atoms with Crippen molar-refractivity contribution < 1.29 is 24.1 Å². The van der Waals surface area contributed by atoms with Crippen molar-refractivity contribution in [3.8, 4) is 5.75 Å². The van der Waals surface area contributed by atoms with Gasteiger partial charge in [-0.25, -0.2) is 0 Å². The molecule has 2 atom stereocenters. The average molecular weight is 376 g/mol. The van der Waals surface area contributed by atoms with Crippen LogP contribution >= 0.6 is 0 Å². The summed E-state index contributed by atoms with van der Waals surface area (Å²) in [5.74, 6) is 1.35. The molecule has 6 nitrogen and oxygen atoms in total. The van der Waals surface area contributed by atoms with Gasteiger partial charge in [0.1, 0.15) is 38.5 Å². The SMILES string of the molecule is C[C@@H]1CN(C(=O)C[NH+]2CC[NH+](Cc3ccc4c(c3)CCO4)CC2)C[C@@H](C)O1. The molecule has 1 aromatic carbocycles. The van der Waals surface area contributed by atoms with E-state index < -0.39 is 0 Å². The molecule has 3 aliphatic heterocycles. The first kappa shape index (κ1) is 18.7. The fourth-order valence-electron chi connectivity index (χ4n) is 4.66. The van der Waals surface area contributed by atoms with Gasteiger partial charge in [0.15, 0.2) is 6.54 Å². The maximum atomic E-state index is 12.7. The molecule has 6 heteroatoms. The van der Waals surface area contributed by atoms with Gasteiger partial charge >= 0.3 is 0 Å². The minimum atomic E-state index is 0.145. The number of fused-ring (bicyclic) bond motifs is 1. The van der Waals surface area contributed by atoms with Crippen LogP contribution in [0.4, 0.5) is 0 Å². The first-order valence-electron chi connectivity index (χ1n) is 10.4. The van der Waals surface area contributed by atoms with Gasteiger partial charge < -0.3 is 24.2 Å². The maximum absolute atomic E-state index is 12.7. The Balaban J connectivity index is 1.23. The van der Waals surface area contributed by atoms with E-state index in [-0.39, 0.29) is 18.1 Å². The quantitative estimate of drug-likeness (QED) is 0.676. The van der Waals surface area contributed by atoms with Crippen LogP contribution in [0.25, 0.3) is 0 Å². The summed E-state index contributed by atoms with van der Waals surface area (Å²) in [5, 5.41) is 0. The highest BCUT2D eigenvalue weighted by molar-refractivity contribution is 5.77. The third-order valence-corrected chi connectivity index (χ3v) is 6.05. The highest BCUT2D eigenvalue weighted by Gasteiger charge is 2.30. The van der Waals surface area contributed by atoms with E-state index in [2.05, 4.69) is 32.0 Å². The van der Waals surface area contributed by atoms with Gasteiger partial charge in [-0.2, -0.15) is 0 Å². The molecule has 3 heterocycles. The Hall–Kier alpha value is -1.63. The van der Waals surface area contributed by atoms with Crippen molar-refractivity contribution in [2.75, 3.05) is 52.4 Å². The minimum Gasteiger partial charge on any atom is -0.493 e. The molecular formula is C21H33N3O3+2. The second-order valence-electron chi connectivity index (χ2n) is 8.45. The molecule has 148 valence electrons. The molecular weight excluding hydrogens is 342 g/mol. The first-order valence-corrected chi connectivity index (χ1v) is 10.4. The van der Waals surface area contributed by atoms with Crippen LogP contribution in [0.5, 0.6) is 5.75 Å². The van der Waals surface area contributed by atoms with Gasteiger partial charge in [0, 0.05) is 25.1 Å². The molecule has 0 radical (unpaired) electrons. The van der Waals surface area contributed by atoms with Gasteiger partial charge in [-0.1, -0.05) is 0 Å². The zero-order valence-corrected chi connectivity index (χ0v) is 16.6. The summed E-state index contributed by atoms with van der Waals surface area (Å²) in [5.41, 5.74) is 2.76. The van der Waals surface area contributed by atoms with Gasteiger partial charge in [-0.05, 0) is 37.6 Å². The van der Waals surface area contributed by atoms with Crippen molar-refractivity contribution in [1.82, 2.24) is 4.90 Å². The fraction of sp³-hybridized carbons (Fsp3) is 0.667. The van der Waals surface area contributed by atoms with Gasteiger partial charge in [0.05, 0.1) is 18.8 Å². The summed E-state index contributed by atoms with van der Waals surface area (Å²) in [7, 11) is 0. The monoisotopic (exact) mass is 375 g/mol. The number of benzene rings is 1. The summed E-state index contributed by atoms with van der Waals surface area (Å²) < 4.78 is 11.3. The van der Waals surface area contributed by atoms with Crippen LogP contribution < -0.4 is 14.5 Å². The number of piperazine rings is 1. The second-order valence-corrected chi connectivity index (χ2v) is 8.45. The van der Waals surface area contributed by atoms with E-state index in [1.54, 1.807) is 4.90 Å². The van der Waals surface area contributed by atoms with Crippen molar-refractivity contribution in [2.45, 2.75) is 39.0 Å². The molecule has 2 fully saturated rings. The van der Waals surface area contributed by atoms with Gasteiger partial charge in [0.25, 0.3) is 5.91 Å². The topological polar surface area (TPSA) is 47.7 Å². The van der Waals surface area contributed by atoms with Crippen LogP contribution in [0.1, 0.15) is 25.0 Å². The molecule has 0 aliphatic carbocycles. The van der Waals surface area contributed by atoms with Crippen LogP contribution in [0.2, 0.25) is 0 Å². The smallest absolute Gasteiger partial charge is 0.277 e.